The lowest BCUT2D eigenvalue weighted by molar-refractivity contribution is 0.171. The zero-order chi connectivity index (χ0) is 11.9. The molecule has 0 aliphatic carbocycles. The van der Waals surface area contributed by atoms with E-state index in [1.165, 1.54) is 44.3 Å². The van der Waals surface area contributed by atoms with Crippen molar-refractivity contribution < 1.29 is 0 Å². The van der Waals surface area contributed by atoms with Crippen molar-refractivity contribution in [1.82, 2.24) is 4.90 Å². The molecular formula is C15H25ClN2. The standard InChI is InChI=1S/C15H24N2.ClH/c16-10-4-7-14-8-11-17(12-9-14)13-15-5-2-1-3-6-15;/h1-3,5-6,14H,4,7-13,16H2;1H. The zero-order valence-corrected chi connectivity index (χ0v) is 11.9. The molecule has 2 N–H and O–H groups in total. The molecule has 102 valence electrons. The Morgan fingerprint density at radius 3 is 2.39 bits per heavy atom. The van der Waals surface area contributed by atoms with Gasteiger partial charge < -0.3 is 5.73 Å². The molecule has 0 unspecified atom stereocenters. The number of likely N-dealkylation sites (tertiary alicyclic amines) is 1. The second-order valence-electron chi connectivity index (χ2n) is 5.14. The fraction of sp³-hybridized carbons (Fsp3) is 0.600. The molecule has 18 heavy (non-hydrogen) atoms. The number of nitrogens with two attached hydrogens (primary N) is 1. The zero-order valence-electron chi connectivity index (χ0n) is 11.1. The Morgan fingerprint density at radius 1 is 1.11 bits per heavy atom. The van der Waals surface area contributed by atoms with E-state index in [1.54, 1.807) is 0 Å². The summed E-state index contributed by atoms with van der Waals surface area (Å²) in [6.07, 6.45) is 5.23. The van der Waals surface area contributed by atoms with Gasteiger partial charge in [0.1, 0.15) is 0 Å². The van der Waals surface area contributed by atoms with Crippen molar-refractivity contribution in [2.24, 2.45) is 11.7 Å². The summed E-state index contributed by atoms with van der Waals surface area (Å²) in [5.41, 5.74) is 7.00. The number of nitrogens with zero attached hydrogens (tertiary/aromatic N) is 1. The Labute approximate surface area is 117 Å². The van der Waals surface area contributed by atoms with Gasteiger partial charge in [0.2, 0.25) is 0 Å². The Balaban J connectivity index is 0.00000162. The molecule has 0 spiro atoms. The number of piperidine rings is 1. The first kappa shape index (κ1) is 15.5. The van der Waals surface area contributed by atoms with Crippen LogP contribution in [0.2, 0.25) is 0 Å². The summed E-state index contributed by atoms with van der Waals surface area (Å²) < 4.78 is 0. The Kier molecular flexibility index (Phi) is 7.33. The van der Waals surface area contributed by atoms with E-state index in [9.17, 15) is 0 Å². The lowest BCUT2D eigenvalue weighted by atomic mass is 9.92. The second-order valence-corrected chi connectivity index (χ2v) is 5.14. The van der Waals surface area contributed by atoms with E-state index in [4.69, 9.17) is 5.73 Å². The van der Waals surface area contributed by atoms with Crippen molar-refractivity contribution in [2.75, 3.05) is 19.6 Å². The van der Waals surface area contributed by atoms with Crippen molar-refractivity contribution in [3.63, 3.8) is 0 Å². The van der Waals surface area contributed by atoms with Gasteiger partial charge in [-0.05, 0) is 56.8 Å². The van der Waals surface area contributed by atoms with Gasteiger partial charge in [0, 0.05) is 6.54 Å². The van der Waals surface area contributed by atoms with Crippen LogP contribution in [0.4, 0.5) is 0 Å². The van der Waals surface area contributed by atoms with Crippen molar-refractivity contribution in [1.29, 1.82) is 0 Å². The van der Waals surface area contributed by atoms with Gasteiger partial charge in [-0.3, -0.25) is 4.90 Å². The van der Waals surface area contributed by atoms with Crippen molar-refractivity contribution >= 4 is 12.4 Å². The molecule has 0 amide bonds. The van der Waals surface area contributed by atoms with Gasteiger partial charge in [-0.1, -0.05) is 30.3 Å². The van der Waals surface area contributed by atoms with Gasteiger partial charge in [0.15, 0.2) is 0 Å². The summed E-state index contributed by atoms with van der Waals surface area (Å²) in [6.45, 7) is 4.48. The van der Waals surface area contributed by atoms with Crippen LogP contribution in [0.25, 0.3) is 0 Å². The smallest absolute Gasteiger partial charge is 0.0233 e. The van der Waals surface area contributed by atoms with E-state index in [-0.39, 0.29) is 12.4 Å². The first-order chi connectivity index (χ1) is 8.38. The molecule has 0 radical (unpaired) electrons. The highest BCUT2D eigenvalue weighted by Crippen LogP contribution is 2.22. The second kappa shape index (κ2) is 8.52. The maximum absolute atomic E-state index is 5.56. The lowest BCUT2D eigenvalue weighted by Crippen LogP contribution is -2.33. The van der Waals surface area contributed by atoms with Crippen LogP contribution >= 0.6 is 12.4 Å². The predicted octanol–water partition coefficient (Wildman–Crippen LogP) is 3.06. The number of rotatable bonds is 5. The average molecular weight is 269 g/mol. The summed E-state index contributed by atoms with van der Waals surface area (Å²) in [5.74, 6) is 0.922. The van der Waals surface area contributed by atoms with Gasteiger partial charge in [-0.2, -0.15) is 0 Å². The third-order valence-electron chi connectivity index (χ3n) is 3.77. The monoisotopic (exact) mass is 268 g/mol. The Bertz CT molecular complexity index is 308. The number of hydrogen-bond donors (Lipinski definition) is 1. The molecule has 1 aliphatic rings. The van der Waals surface area contributed by atoms with Gasteiger partial charge in [-0.25, -0.2) is 0 Å². The molecule has 0 bridgehead atoms. The van der Waals surface area contributed by atoms with E-state index in [1.807, 2.05) is 0 Å². The van der Waals surface area contributed by atoms with Crippen LogP contribution in [0, 0.1) is 5.92 Å². The Hall–Kier alpha value is -0.570. The van der Waals surface area contributed by atoms with Crippen LogP contribution in [-0.2, 0) is 6.54 Å². The minimum Gasteiger partial charge on any atom is -0.330 e. The van der Waals surface area contributed by atoms with Crippen LogP contribution in [-0.4, -0.2) is 24.5 Å². The first-order valence-corrected chi connectivity index (χ1v) is 6.85. The minimum atomic E-state index is 0. The van der Waals surface area contributed by atoms with E-state index < -0.39 is 0 Å². The van der Waals surface area contributed by atoms with Crippen LogP contribution in [0.1, 0.15) is 31.2 Å². The van der Waals surface area contributed by atoms with E-state index in [2.05, 4.69) is 35.2 Å². The molecule has 1 aliphatic heterocycles. The van der Waals surface area contributed by atoms with E-state index >= 15 is 0 Å². The average Bonchev–Trinajstić information content (AvgIpc) is 2.39. The quantitative estimate of drug-likeness (QED) is 0.889. The highest BCUT2D eigenvalue weighted by molar-refractivity contribution is 5.85. The molecule has 0 saturated carbocycles. The number of hydrogen-bond acceptors (Lipinski definition) is 2. The highest BCUT2D eigenvalue weighted by Gasteiger charge is 2.18. The van der Waals surface area contributed by atoms with Crippen molar-refractivity contribution in [2.45, 2.75) is 32.2 Å². The minimum absolute atomic E-state index is 0. The molecule has 1 heterocycles. The third kappa shape index (κ3) is 4.97. The molecule has 1 aromatic rings. The van der Waals surface area contributed by atoms with Crippen LogP contribution in [0.15, 0.2) is 30.3 Å². The van der Waals surface area contributed by atoms with Gasteiger partial charge in [-0.15, -0.1) is 12.4 Å². The summed E-state index contributed by atoms with van der Waals surface area (Å²) >= 11 is 0. The SMILES string of the molecule is Cl.NCCCC1CCN(Cc2ccccc2)CC1. The molecule has 1 saturated heterocycles. The summed E-state index contributed by atoms with van der Waals surface area (Å²) in [7, 11) is 0. The molecule has 2 nitrogen and oxygen atoms in total. The topological polar surface area (TPSA) is 29.3 Å². The maximum atomic E-state index is 5.56. The van der Waals surface area contributed by atoms with Crippen LogP contribution < -0.4 is 5.73 Å². The molecule has 2 rings (SSSR count). The summed E-state index contributed by atoms with van der Waals surface area (Å²) in [4.78, 5) is 2.58. The largest absolute Gasteiger partial charge is 0.330 e. The van der Waals surface area contributed by atoms with Crippen LogP contribution in [0.3, 0.4) is 0 Å². The summed E-state index contributed by atoms with van der Waals surface area (Å²) in [6, 6.07) is 10.8. The molecular weight excluding hydrogens is 244 g/mol. The van der Waals surface area contributed by atoms with Gasteiger partial charge in [0.25, 0.3) is 0 Å². The Morgan fingerprint density at radius 2 is 1.78 bits per heavy atom. The maximum Gasteiger partial charge on any atom is 0.0233 e. The first-order valence-electron chi connectivity index (χ1n) is 6.85. The van der Waals surface area contributed by atoms with E-state index in [0.717, 1.165) is 19.0 Å². The predicted molar refractivity (Wildman–Crippen MR) is 80.0 cm³/mol. The normalized spacial score (nSPS) is 17.4. The summed E-state index contributed by atoms with van der Waals surface area (Å²) in [5, 5.41) is 0. The highest BCUT2D eigenvalue weighted by atomic mass is 35.5. The van der Waals surface area contributed by atoms with Gasteiger partial charge in [0.05, 0.1) is 0 Å². The van der Waals surface area contributed by atoms with Gasteiger partial charge >= 0.3 is 0 Å². The molecule has 3 heteroatoms. The van der Waals surface area contributed by atoms with Crippen molar-refractivity contribution in [3.8, 4) is 0 Å². The molecule has 0 atom stereocenters. The lowest BCUT2D eigenvalue weighted by Gasteiger charge is -2.32. The molecule has 1 fully saturated rings. The fourth-order valence-electron chi connectivity index (χ4n) is 2.68. The molecule has 0 aromatic heterocycles. The van der Waals surface area contributed by atoms with Crippen LogP contribution in [0.5, 0.6) is 0 Å². The number of halogens is 1. The molecule has 1 aromatic carbocycles. The fourth-order valence-corrected chi connectivity index (χ4v) is 2.68. The number of benzene rings is 1. The van der Waals surface area contributed by atoms with Crippen molar-refractivity contribution in [3.05, 3.63) is 35.9 Å². The van der Waals surface area contributed by atoms with E-state index in [0.29, 0.717) is 0 Å². The third-order valence-corrected chi connectivity index (χ3v) is 3.77.